The average molecular weight is 382 g/mol. The largest absolute Gasteiger partial charge is 0.475 e. The molecule has 0 atom stereocenters. The zero-order valence-electron chi connectivity index (χ0n) is 17.1. The lowest BCUT2D eigenvalue weighted by Crippen LogP contribution is -2.59. The third-order valence-electron chi connectivity index (χ3n) is 4.71. The first-order chi connectivity index (χ1) is 13.0. The predicted molar refractivity (Wildman–Crippen MR) is 116 cm³/mol. The summed E-state index contributed by atoms with van der Waals surface area (Å²) in [5, 5.41) is 27.2. The van der Waals surface area contributed by atoms with Crippen molar-refractivity contribution in [2.75, 3.05) is 0 Å². The van der Waals surface area contributed by atoms with Gasteiger partial charge in [-0.05, 0) is 44.9 Å². The summed E-state index contributed by atoms with van der Waals surface area (Å²) in [4.78, 5) is 0. The highest BCUT2D eigenvalue weighted by molar-refractivity contribution is 6.10. The van der Waals surface area contributed by atoms with Crippen molar-refractivity contribution in [2.45, 2.75) is 57.7 Å². The molecule has 2 rings (SSSR count). The smallest absolute Gasteiger partial charge is 0.206 e. The summed E-state index contributed by atoms with van der Waals surface area (Å²) in [6.45, 7) is 8.58. The quantitative estimate of drug-likeness (QED) is 0.380. The molecule has 0 bridgehead atoms. The van der Waals surface area contributed by atoms with Gasteiger partial charge in [-0.2, -0.15) is 0 Å². The van der Waals surface area contributed by atoms with Gasteiger partial charge in [0.2, 0.25) is 5.90 Å². The van der Waals surface area contributed by atoms with Crippen LogP contribution in [0.4, 0.5) is 0 Å². The van der Waals surface area contributed by atoms with E-state index in [1.54, 1.807) is 18.2 Å². The minimum atomic E-state index is -0.0435. The van der Waals surface area contributed by atoms with E-state index in [1.807, 2.05) is 12.1 Å². The fourth-order valence-corrected chi connectivity index (χ4v) is 3.86. The molecular formula is C22H31N5O. The molecule has 6 nitrogen and oxygen atoms in total. The minimum Gasteiger partial charge on any atom is -0.475 e. The van der Waals surface area contributed by atoms with E-state index in [2.05, 4.69) is 33.0 Å². The van der Waals surface area contributed by atoms with E-state index in [0.29, 0.717) is 11.3 Å². The van der Waals surface area contributed by atoms with Gasteiger partial charge in [0, 0.05) is 48.0 Å². The summed E-state index contributed by atoms with van der Waals surface area (Å²) in [5.74, 6) is 0.0667. The summed E-state index contributed by atoms with van der Waals surface area (Å²) in [6, 6.07) is 7.25. The highest BCUT2D eigenvalue weighted by Gasteiger charge is 2.38. The zero-order valence-corrected chi connectivity index (χ0v) is 17.1. The molecule has 1 aromatic carbocycles. The lowest BCUT2D eigenvalue weighted by molar-refractivity contribution is 0.0485. The SMILES string of the molecule is CC1(C)CC(OC(=N)/C=C\C(=N)c2ccc(/C(C=N)=C/N)cc2)CC(C)(C)N1. The Hall–Kier alpha value is -2.73. The minimum absolute atomic E-state index is 0.0283. The molecule has 0 aromatic heterocycles. The molecule has 0 radical (unpaired) electrons. The maximum atomic E-state index is 8.20. The van der Waals surface area contributed by atoms with E-state index in [-0.39, 0.29) is 23.1 Å². The monoisotopic (exact) mass is 381 g/mol. The Labute approximate surface area is 167 Å². The van der Waals surface area contributed by atoms with Crippen LogP contribution < -0.4 is 11.1 Å². The maximum absolute atomic E-state index is 8.20. The summed E-state index contributed by atoms with van der Waals surface area (Å²) < 4.78 is 5.84. The number of hydrogen-bond acceptors (Lipinski definition) is 6. The molecule has 1 aliphatic heterocycles. The number of ether oxygens (including phenoxy) is 1. The Kier molecular flexibility index (Phi) is 6.56. The van der Waals surface area contributed by atoms with E-state index < -0.39 is 0 Å². The van der Waals surface area contributed by atoms with Gasteiger partial charge < -0.3 is 26.6 Å². The van der Waals surface area contributed by atoms with Crippen molar-refractivity contribution in [2.24, 2.45) is 5.73 Å². The molecule has 1 aliphatic rings. The van der Waals surface area contributed by atoms with Gasteiger partial charge in [-0.1, -0.05) is 24.3 Å². The van der Waals surface area contributed by atoms with Crippen LogP contribution in [0.15, 0.2) is 42.6 Å². The first-order valence-electron chi connectivity index (χ1n) is 9.39. The molecule has 28 heavy (non-hydrogen) atoms. The molecule has 0 saturated carbocycles. The number of rotatable bonds is 6. The van der Waals surface area contributed by atoms with Crippen molar-refractivity contribution >= 4 is 23.4 Å². The Balaban J connectivity index is 1.98. The van der Waals surface area contributed by atoms with Gasteiger partial charge in [-0.15, -0.1) is 0 Å². The Morgan fingerprint density at radius 2 is 1.57 bits per heavy atom. The number of nitrogens with two attached hydrogens (primary N) is 1. The molecule has 150 valence electrons. The second-order valence-corrected chi connectivity index (χ2v) is 8.50. The summed E-state index contributed by atoms with van der Waals surface area (Å²) >= 11 is 0. The van der Waals surface area contributed by atoms with Gasteiger partial charge in [0.15, 0.2) is 0 Å². The first kappa shape index (κ1) is 21.6. The molecular weight excluding hydrogens is 350 g/mol. The van der Waals surface area contributed by atoms with Gasteiger partial charge in [0.1, 0.15) is 6.10 Å². The maximum Gasteiger partial charge on any atom is 0.206 e. The van der Waals surface area contributed by atoms with Gasteiger partial charge in [-0.3, -0.25) is 5.41 Å². The van der Waals surface area contributed by atoms with Gasteiger partial charge in [0.05, 0.1) is 5.71 Å². The lowest BCUT2D eigenvalue weighted by atomic mass is 9.81. The third-order valence-corrected chi connectivity index (χ3v) is 4.71. The van der Waals surface area contributed by atoms with Crippen molar-refractivity contribution in [1.29, 1.82) is 16.2 Å². The Bertz CT molecular complexity index is 787. The number of piperidine rings is 1. The number of hydrogen-bond donors (Lipinski definition) is 5. The molecule has 1 fully saturated rings. The zero-order chi connectivity index (χ0) is 20.9. The molecule has 6 N–H and O–H groups in total. The third kappa shape index (κ3) is 5.89. The molecule has 0 amide bonds. The predicted octanol–water partition coefficient (Wildman–Crippen LogP) is 3.86. The summed E-state index contributed by atoms with van der Waals surface area (Å²) in [7, 11) is 0. The standard InChI is InChI=1S/C22H31N5O/c1-21(2)11-18(12-22(3,4)27-21)28-20(26)10-9-19(25)16-7-5-15(6-8-16)17(13-23)14-24/h5-10,13-14,18,23,25-27H,11-12,24H2,1-4H3/b10-9-,17-14+,23-13?,25-19?,26-20?. The van der Waals surface area contributed by atoms with Crippen LogP contribution in [0.3, 0.4) is 0 Å². The molecule has 0 spiro atoms. The van der Waals surface area contributed by atoms with Crippen LogP contribution in [0.1, 0.15) is 51.7 Å². The molecule has 0 aliphatic carbocycles. The molecule has 1 heterocycles. The van der Waals surface area contributed by atoms with E-state index in [0.717, 1.165) is 24.0 Å². The van der Waals surface area contributed by atoms with Crippen molar-refractivity contribution < 1.29 is 4.74 Å². The topological polar surface area (TPSA) is 119 Å². The summed E-state index contributed by atoms with van der Waals surface area (Å²) in [6.07, 6.45) is 7.31. The van der Waals surface area contributed by atoms with Crippen molar-refractivity contribution in [3.63, 3.8) is 0 Å². The van der Waals surface area contributed by atoms with E-state index in [1.165, 1.54) is 18.5 Å². The van der Waals surface area contributed by atoms with Crippen LogP contribution in [0.5, 0.6) is 0 Å². The van der Waals surface area contributed by atoms with Crippen molar-refractivity contribution in [3.8, 4) is 0 Å². The molecule has 6 heteroatoms. The molecule has 0 unspecified atom stereocenters. The summed E-state index contributed by atoms with van der Waals surface area (Å²) in [5.41, 5.74) is 7.87. The Morgan fingerprint density at radius 1 is 1.04 bits per heavy atom. The van der Waals surface area contributed by atoms with Crippen LogP contribution in [0.25, 0.3) is 5.57 Å². The van der Waals surface area contributed by atoms with Crippen LogP contribution in [0.2, 0.25) is 0 Å². The van der Waals surface area contributed by atoms with Crippen LogP contribution in [-0.2, 0) is 4.74 Å². The van der Waals surface area contributed by atoms with Crippen molar-refractivity contribution in [1.82, 2.24) is 5.32 Å². The van der Waals surface area contributed by atoms with Crippen LogP contribution in [0, 0.1) is 16.2 Å². The van der Waals surface area contributed by atoms with E-state index >= 15 is 0 Å². The first-order valence-corrected chi connectivity index (χ1v) is 9.39. The second-order valence-electron chi connectivity index (χ2n) is 8.50. The van der Waals surface area contributed by atoms with Crippen LogP contribution >= 0.6 is 0 Å². The lowest BCUT2D eigenvalue weighted by Gasteiger charge is -2.46. The fraction of sp³-hybridized carbons (Fsp3) is 0.409. The Morgan fingerprint density at radius 3 is 2.07 bits per heavy atom. The van der Waals surface area contributed by atoms with Gasteiger partial charge >= 0.3 is 0 Å². The fourth-order valence-electron chi connectivity index (χ4n) is 3.86. The second kappa shape index (κ2) is 8.52. The molecule has 1 saturated heterocycles. The number of benzene rings is 1. The highest BCUT2D eigenvalue weighted by Crippen LogP contribution is 2.30. The van der Waals surface area contributed by atoms with E-state index in [9.17, 15) is 0 Å². The van der Waals surface area contributed by atoms with E-state index in [4.69, 9.17) is 26.7 Å². The van der Waals surface area contributed by atoms with Gasteiger partial charge in [-0.25, -0.2) is 0 Å². The normalized spacial score (nSPS) is 19.4. The number of allylic oxidation sites excluding steroid dienone is 2. The van der Waals surface area contributed by atoms with Crippen molar-refractivity contribution in [3.05, 3.63) is 53.7 Å². The van der Waals surface area contributed by atoms with Gasteiger partial charge in [0.25, 0.3) is 0 Å². The highest BCUT2D eigenvalue weighted by atomic mass is 16.5. The average Bonchev–Trinajstić information content (AvgIpc) is 2.58. The molecule has 1 aromatic rings. The van der Waals surface area contributed by atoms with Crippen LogP contribution in [-0.4, -0.2) is 35.0 Å². The number of nitrogens with one attached hydrogen (secondary N) is 4.